The Labute approximate surface area is 119 Å². The summed E-state index contributed by atoms with van der Waals surface area (Å²) in [5.74, 6) is -0.473. The fraction of sp³-hybridized carbons (Fsp3) is 0.467. The van der Waals surface area contributed by atoms with Gasteiger partial charge in [0.2, 0.25) is 5.91 Å². The molecule has 0 aliphatic carbocycles. The van der Waals surface area contributed by atoms with Gasteiger partial charge in [0.05, 0.1) is 6.54 Å². The Kier molecular flexibility index (Phi) is 6.73. The maximum absolute atomic E-state index is 11.9. The zero-order valence-corrected chi connectivity index (χ0v) is 12.0. The third kappa shape index (κ3) is 5.40. The average molecular weight is 278 g/mol. The number of carbonyl (C=O) groups excluding carboxylic acids is 2. The standard InChI is InChI=1S/C15H22N2O3/c1-11-6-3-4-8-13(11)15(20)16-10-14(19)17-12(2)7-5-9-18/h3-4,6,8,12,18H,5,7,9-10H2,1-2H3,(H,16,20)(H,17,19). The maximum Gasteiger partial charge on any atom is 0.251 e. The summed E-state index contributed by atoms with van der Waals surface area (Å²) in [7, 11) is 0. The van der Waals surface area contributed by atoms with E-state index in [2.05, 4.69) is 10.6 Å². The highest BCUT2D eigenvalue weighted by Gasteiger charge is 2.11. The molecule has 0 saturated heterocycles. The van der Waals surface area contributed by atoms with Crippen LogP contribution in [0.2, 0.25) is 0 Å². The number of rotatable bonds is 7. The molecule has 0 aliphatic rings. The minimum Gasteiger partial charge on any atom is -0.396 e. The maximum atomic E-state index is 11.9. The van der Waals surface area contributed by atoms with Crippen LogP contribution >= 0.6 is 0 Å². The molecule has 110 valence electrons. The minimum atomic E-state index is -0.249. The second-order valence-corrected chi connectivity index (χ2v) is 4.83. The van der Waals surface area contributed by atoms with Crippen molar-refractivity contribution < 1.29 is 14.7 Å². The Morgan fingerprint density at radius 2 is 2.00 bits per heavy atom. The van der Waals surface area contributed by atoms with Crippen molar-refractivity contribution in [2.24, 2.45) is 0 Å². The summed E-state index contributed by atoms with van der Waals surface area (Å²) < 4.78 is 0. The first-order chi connectivity index (χ1) is 9.54. The number of amides is 2. The molecular formula is C15H22N2O3. The smallest absolute Gasteiger partial charge is 0.251 e. The molecule has 0 heterocycles. The van der Waals surface area contributed by atoms with Crippen LogP contribution in [-0.2, 0) is 4.79 Å². The molecule has 0 aromatic heterocycles. The van der Waals surface area contributed by atoms with E-state index in [4.69, 9.17) is 5.11 Å². The highest BCUT2D eigenvalue weighted by Crippen LogP contribution is 2.06. The molecule has 1 rings (SSSR count). The van der Waals surface area contributed by atoms with Crippen molar-refractivity contribution in [1.29, 1.82) is 0 Å². The summed E-state index contributed by atoms with van der Waals surface area (Å²) in [6, 6.07) is 7.23. The third-order valence-electron chi connectivity index (χ3n) is 3.00. The van der Waals surface area contributed by atoms with Crippen LogP contribution in [0.5, 0.6) is 0 Å². The lowest BCUT2D eigenvalue weighted by Gasteiger charge is -2.13. The topological polar surface area (TPSA) is 78.4 Å². The molecule has 5 heteroatoms. The number of carbonyl (C=O) groups is 2. The van der Waals surface area contributed by atoms with Gasteiger partial charge in [0.25, 0.3) is 5.91 Å². The number of hydrogen-bond acceptors (Lipinski definition) is 3. The molecule has 1 aromatic carbocycles. The fourth-order valence-electron chi connectivity index (χ4n) is 1.88. The van der Waals surface area contributed by atoms with Crippen LogP contribution in [0.4, 0.5) is 0 Å². The molecule has 0 bridgehead atoms. The summed E-state index contributed by atoms with van der Waals surface area (Å²) in [6.07, 6.45) is 1.37. The number of aliphatic hydroxyl groups excluding tert-OH is 1. The predicted molar refractivity (Wildman–Crippen MR) is 77.4 cm³/mol. The second-order valence-electron chi connectivity index (χ2n) is 4.83. The van der Waals surface area contributed by atoms with Crippen LogP contribution < -0.4 is 10.6 Å². The van der Waals surface area contributed by atoms with Crippen LogP contribution in [0.15, 0.2) is 24.3 Å². The highest BCUT2D eigenvalue weighted by molar-refractivity contribution is 5.97. The van der Waals surface area contributed by atoms with E-state index in [1.807, 2.05) is 26.0 Å². The number of hydrogen-bond donors (Lipinski definition) is 3. The van der Waals surface area contributed by atoms with Crippen LogP contribution in [-0.4, -0.2) is 36.1 Å². The first kappa shape index (κ1) is 16.2. The Bertz CT molecular complexity index is 460. The lowest BCUT2D eigenvalue weighted by Crippen LogP contribution is -2.41. The Hall–Kier alpha value is -1.88. The summed E-state index contributed by atoms with van der Waals surface area (Å²) in [6.45, 7) is 3.80. The Morgan fingerprint density at radius 3 is 2.65 bits per heavy atom. The van der Waals surface area contributed by atoms with Crippen molar-refractivity contribution in [2.75, 3.05) is 13.2 Å². The van der Waals surface area contributed by atoms with Crippen LogP contribution in [0.1, 0.15) is 35.7 Å². The van der Waals surface area contributed by atoms with E-state index in [0.717, 1.165) is 5.56 Å². The van der Waals surface area contributed by atoms with Gasteiger partial charge in [0.15, 0.2) is 0 Å². The highest BCUT2D eigenvalue weighted by atomic mass is 16.3. The van der Waals surface area contributed by atoms with Gasteiger partial charge in [0.1, 0.15) is 0 Å². The van der Waals surface area contributed by atoms with Gasteiger partial charge in [-0.25, -0.2) is 0 Å². The lowest BCUT2D eigenvalue weighted by molar-refractivity contribution is -0.120. The molecule has 0 aliphatic heterocycles. The summed E-state index contributed by atoms with van der Waals surface area (Å²) in [4.78, 5) is 23.6. The van der Waals surface area contributed by atoms with Crippen LogP contribution in [0.3, 0.4) is 0 Å². The van der Waals surface area contributed by atoms with E-state index in [1.165, 1.54) is 0 Å². The number of aryl methyl sites for hydroxylation is 1. The van der Waals surface area contributed by atoms with E-state index in [0.29, 0.717) is 18.4 Å². The zero-order chi connectivity index (χ0) is 15.0. The fourth-order valence-corrected chi connectivity index (χ4v) is 1.88. The first-order valence-electron chi connectivity index (χ1n) is 6.78. The van der Waals surface area contributed by atoms with Crippen LogP contribution in [0.25, 0.3) is 0 Å². The van der Waals surface area contributed by atoms with Crippen molar-refractivity contribution in [3.8, 4) is 0 Å². The summed E-state index contributed by atoms with van der Waals surface area (Å²) in [5, 5.41) is 14.1. The van der Waals surface area contributed by atoms with E-state index >= 15 is 0 Å². The normalized spacial score (nSPS) is 11.8. The average Bonchev–Trinajstić information content (AvgIpc) is 2.43. The van der Waals surface area contributed by atoms with Crippen molar-refractivity contribution in [2.45, 2.75) is 32.7 Å². The second kappa shape index (κ2) is 8.32. The van der Waals surface area contributed by atoms with Gasteiger partial charge >= 0.3 is 0 Å². The number of benzene rings is 1. The van der Waals surface area contributed by atoms with Gasteiger partial charge in [-0.1, -0.05) is 18.2 Å². The summed E-state index contributed by atoms with van der Waals surface area (Å²) >= 11 is 0. The molecular weight excluding hydrogens is 256 g/mol. The van der Waals surface area contributed by atoms with Gasteiger partial charge in [-0.3, -0.25) is 9.59 Å². The van der Waals surface area contributed by atoms with Gasteiger partial charge in [0, 0.05) is 18.2 Å². The van der Waals surface area contributed by atoms with E-state index in [-0.39, 0.29) is 31.0 Å². The van der Waals surface area contributed by atoms with Gasteiger partial charge < -0.3 is 15.7 Å². The van der Waals surface area contributed by atoms with Crippen molar-refractivity contribution in [3.63, 3.8) is 0 Å². The first-order valence-corrected chi connectivity index (χ1v) is 6.78. The molecule has 1 atom stereocenters. The van der Waals surface area contributed by atoms with E-state index < -0.39 is 0 Å². The minimum absolute atomic E-state index is 0.00925. The van der Waals surface area contributed by atoms with Gasteiger partial charge in [-0.05, 0) is 38.3 Å². The molecule has 2 amide bonds. The molecule has 3 N–H and O–H groups in total. The zero-order valence-electron chi connectivity index (χ0n) is 12.0. The van der Waals surface area contributed by atoms with E-state index in [1.54, 1.807) is 12.1 Å². The molecule has 0 saturated carbocycles. The molecule has 0 radical (unpaired) electrons. The quantitative estimate of drug-likeness (QED) is 0.696. The lowest BCUT2D eigenvalue weighted by atomic mass is 10.1. The monoisotopic (exact) mass is 278 g/mol. The third-order valence-corrected chi connectivity index (χ3v) is 3.00. The Morgan fingerprint density at radius 1 is 1.30 bits per heavy atom. The molecule has 0 fully saturated rings. The van der Waals surface area contributed by atoms with Crippen molar-refractivity contribution >= 4 is 11.8 Å². The molecule has 0 spiro atoms. The summed E-state index contributed by atoms with van der Waals surface area (Å²) in [5.41, 5.74) is 1.45. The predicted octanol–water partition coefficient (Wildman–Crippen LogP) is 1.00. The SMILES string of the molecule is Cc1ccccc1C(=O)NCC(=O)NC(C)CCCO. The van der Waals surface area contributed by atoms with Crippen molar-refractivity contribution in [3.05, 3.63) is 35.4 Å². The van der Waals surface area contributed by atoms with E-state index in [9.17, 15) is 9.59 Å². The van der Waals surface area contributed by atoms with Gasteiger partial charge in [-0.15, -0.1) is 0 Å². The number of nitrogens with one attached hydrogen (secondary N) is 2. The molecule has 5 nitrogen and oxygen atoms in total. The Balaban J connectivity index is 2.38. The van der Waals surface area contributed by atoms with Crippen molar-refractivity contribution in [1.82, 2.24) is 10.6 Å². The molecule has 20 heavy (non-hydrogen) atoms. The largest absolute Gasteiger partial charge is 0.396 e. The van der Waals surface area contributed by atoms with Gasteiger partial charge in [-0.2, -0.15) is 0 Å². The van der Waals surface area contributed by atoms with Crippen LogP contribution in [0, 0.1) is 6.92 Å². The molecule has 1 unspecified atom stereocenters. The number of aliphatic hydroxyl groups is 1. The molecule has 1 aromatic rings.